The van der Waals surface area contributed by atoms with Gasteiger partial charge in [0.15, 0.2) is 0 Å². The molecule has 0 amide bonds. The van der Waals surface area contributed by atoms with E-state index in [1.54, 1.807) is 0 Å². The predicted octanol–water partition coefficient (Wildman–Crippen LogP) is 1.22. The number of likely N-dealkylation sites (N-methyl/N-ethyl adjacent to an activating group) is 1. The molecule has 0 aliphatic carbocycles. The lowest BCUT2D eigenvalue weighted by molar-refractivity contribution is 0.208. The Morgan fingerprint density at radius 2 is 1.54 bits per heavy atom. The Hall–Kier alpha value is -1.60. The third kappa shape index (κ3) is 3.02. The van der Waals surface area contributed by atoms with Crippen molar-refractivity contribution in [1.29, 1.82) is 0 Å². The van der Waals surface area contributed by atoms with E-state index >= 15 is 0 Å². The second-order valence-corrected chi connectivity index (χ2v) is 8.58. The van der Waals surface area contributed by atoms with Gasteiger partial charge in [-0.05, 0) is 38.9 Å². The maximum Gasteiger partial charge on any atom is 0.267 e. The summed E-state index contributed by atoms with van der Waals surface area (Å²) in [5.41, 5.74) is 2.69. The lowest BCUT2D eigenvalue weighted by Crippen LogP contribution is -2.52. The average molecular weight is 350 g/mol. The second kappa shape index (κ2) is 6.37. The van der Waals surface area contributed by atoms with E-state index in [2.05, 4.69) is 21.8 Å². The Balaban J connectivity index is 1.94. The lowest BCUT2D eigenvalue weighted by Gasteiger charge is -2.36. The smallest absolute Gasteiger partial charge is 0.267 e. The third-order valence-corrected chi connectivity index (χ3v) is 6.80. The molecule has 3 rings (SSSR count). The number of nitrogens with zero attached hydrogens (tertiary/aromatic N) is 4. The van der Waals surface area contributed by atoms with Crippen LogP contribution in [0.4, 0.5) is 0 Å². The zero-order valence-corrected chi connectivity index (χ0v) is 15.7. The fraction of sp³-hybridized carbons (Fsp3) is 0.588. The maximum atomic E-state index is 13.3. The minimum Gasteiger partial charge on any atom is -0.339 e. The van der Waals surface area contributed by atoms with Crippen LogP contribution in [0.25, 0.3) is 0 Å². The van der Waals surface area contributed by atoms with Crippen molar-refractivity contribution < 1.29 is 8.42 Å². The van der Waals surface area contributed by atoms with E-state index in [1.165, 1.54) is 4.31 Å². The molecule has 0 spiro atoms. The first-order valence-corrected chi connectivity index (χ1v) is 9.83. The van der Waals surface area contributed by atoms with E-state index in [1.807, 2.05) is 32.9 Å². The molecule has 1 fully saturated rings. The van der Waals surface area contributed by atoms with Gasteiger partial charge in [-0.25, -0.2) is 12.7 Å². The summed E-state index contributed by atoms with van der Waals surface area (Å²) in [4.78, 5) is 9.28. The van der Waals surface area contributed by atoms with Crippen LogP contribution < -0.4 is 0 Å². The molecule has 2 aliphatic heterocycles. The summed E-state index contributed by atoms with van der Waals surface area (Å²) in [6, 6.07) is 3.87. The Labute approximate surface area is 144 Å². The molecule has 0 bridgehead atoms. The summed E-state index contributed by atoms with van der Waals surface area (Å²) in [5.74, 6) is 0.613. The number of rotatable bonds is 2. The normalized spacial score (nSPS) is 19.8. The average Bonchev–Trinajstić information content (AvgIpc) is 2.96. The molecule has 0 unspecified atom stereocenters. The molecule has 7 heteroatoms. The van der Waals surface area contributed by atoms with Crippen LogP contribution in [0.3, 0.4) is 0 Å². The van der Waals surface area contributed by atoms with E-state index in [-0.39, 0.29) is 0 Å². The fourth-order valence-corrected chi connectivity index (χ4v) is 5.46. The summed E-state index contributed by atoms with van der Waals surface area (Å²) in [7, 11) is -1.50. The van der Waals surface area contributed by atoms with Crippen molar-refractivity contribution in [3.8, 4) is 0 Å². The van der Waals surface area contributed by atoms with E-state index in [4.69, 9.17) is 0 Å². The maximum absolute atomic E-state index is 13.3. The van der Waals surface area contributed by atoms with E-state index in [0.717, 1.165) is 42.9 Å². The molecular weight excluding hydrogens is 324 g/mol. The molecule has 2 heterocycles. The first kappa shape index (κ1) is 17.2. The molecule has 0 atom stereocenters. The van der Waals surface area contributed by atoms with Crippen molar-refractivity contribution in [1.82, 2.24) is 14.1 Å². The first-order valence-electron chi connectivity index (χ1n) is 8.39. The van der Waals surface area contributed by atoms with Gasteiger partial charge in [-0.2, -0.15) is 0 Å². The predicted molar refractivity (Wildman–Crippen MR) is 95.9 cm³/mol. The third-order valence-electron chi connectivity index (χ3n) is 4.72. The number of aryl methyl sites for hydroxylation is 3. The number of aliphatic imine (C=N–C) groups is 1. The summed E-state index contributed by atoms with van der Waals surface area (Å²) >= 11 is 0. The van der Waals surface area contributed by atoms with Crippen LogP contribution in [0.5, 0.6) is 0 Å². The van der Waals surface area contributed by atoms with Crippen molar-refractivity contribution >= 4 is 16.0 Å². The summed E-state index contributed by atoms with van der Waals surface area (Å²) in [6.07, 6.45) is 0. The molecule has 2 aliphatic rings. The monoisotopic (exact) mass is 350 g/mol. The lowest BCUT2D eigenvalue weighted by atomic mass is 10.1. The molecule has 0 aromatic heterocycles. The van der Waals surface area contributed by atoms with Gasteiger partial charge in [0.2, 0.25) is 5.96 Å². The molecule has 132 valence electrons. The Morgan fingerprint density at radius 3 is 2.12 bits per heavy atom. The van der Waals surface area contributed by atoms with Crippen LogP contribution in [0, 0.1) is 20.8 Å². The topological polar surface area (TPSA) is 56.2 Å². The summed E-state index contributed by atoms with van der Waals surface area (Å²) < 4.78 is 28.1. The molecule has 1 aromatic rings. The first-order chi connectivity index (χ1) is 11.3. The molecule has 6 nitrogen and oxygen atoms in total. The van der Waals surface area contributed by atoms with Crippen molar-refractivity contribution in [3.63, 3.8) is 0 Å². The van der Waals surface area contributed by atoms with Crippen LogP contribution in [-0.4, -0.2) is 74.8 Å². The Kier molecular flexibility index (Phi) is 4.57. The fourth-order valence-electron chi connectivity index (χ4n) is 3.60. The highest BCUT2D eigenvalue weighted by molar-refractivity contribution is 7.89. The molecule has 0 radical (unpaired) electrons. The highest BCUT2D eigenvalue weighted by Crippen LogP contribution is 2.27. The quantitative estimate of drug-likeness (QED) is 0.805. The highest BCUT2D eigenvalue weighted by atomic mass is 32.2. The van der Waals surface area contributed by atoms with Crippen LogP contribution in [0.2, 0.25) is 0 Å². The van der Waals surface area contributed by atoms with Gasteiger partial charge < -0.3 is 9.80 Å². The van der Waals surface area contributed by atoms with Gasteiger partial charge in [-0.1, -0.05) is 17.7 Å². The zero-order valence-electron chi connectivity index (χ0n) is 14.9. The number of guanidine groups is 1. The van der Waals surface area contributed by atoms with Crippen molar-refractivity contribution in [2.24, 2.45) is 4.99 Å². The van der Waals surface area contributed by atoms with Gasteiger partial charge in [0.25, 0.3) is 10.0 Å². The van der Waals surface area contributed by atoms with Crippen molar-refractivity contribution in [3.05, 3.63) is 28.8 Å². The highest BCUT2D eigenvalue weighted by Gasteiger charge is 2.36. The Bertz CT molecular complexity index is 742. The standard InChI is InChI=1S/C17H26N4O2S/c1-13-11-14(2)16(15(3)12-13)24(22,23)21-6-5-18-17(21)20-9-7-19(4)8-10-20/h11-12H,5-10H2,1-4H3. The minimum atomic E-state index is -3.58. The van der Waals surface area contributed by atoms with Crippen molar-refractivity contribution in [2.45, 2.75) is 25.7 Å². The second-order valence-electron chi connectivity index (χ2n) is 6.78. The number of hydrogen-bond donors (Lipinski definition) is 0. The number of sulfonamides is 1. The van der Waals surface area contributed by atoms with Gasteiger partial charge in [-0.15, -0.1) is 0 Å². The largest absolute Gasteiger partial charge is 0.339 e. The molecular formula is C17H26N4O2S. The van der Waals surface area contributed by atoms with Gasteiger partial charge >= 0.3 is 0 Å². The summed E-state index contributed by atoms with van der Waals surface area (Å²) in [5, 5.41) is 0. The van der Waals surface area contributed by atoms with E-state index in [0.29, 0.717) is 23.9 Å². The van der Waals surface area contributed by atoms with Gasteiger partial charge in [0.05, 0.1) is 18.0 Å². The summed E-state index contributed by atoms with van der Waals surface area (Å²) in [6.45, 7) is 10.2. The Morgan fingerprint density at radius 1 is 0.958 bits per heavy atom. The number of piperazine rings is 1. The van der Waals surface area contributed by atoms with Crippen molar-refractivity contribution in [2.75, 3.05) is 46.3 Å². The van der Waals surface area contributed by atoms with Gasteiger partial charge in [0, 0.05) is 26.2 Å². The van der Waals surface area contributed by atoms with Crippen LogP contribution in [-0.2, 0) is 10.0 Å². The molecule has 24 heavy (non-hydrogen) atoms. The number of benzene rings is 1. The zero-order chi connectivity index (χ0) is 17.5. The van der Waals surface area contributed by atoms with Crippen LogP contribution >= 0.6 is 0 Å². The van der Waals surface area contributed by atoms with Gasteiger partial charge in [0.1, 0.15) is 0 Å². The molecule has 1 aromatic carbocycles. The van der Waals surface area contributed by atoms with Gasteiger partial charge in [-0.3, -0.25) is 4.99 Å². The van der Waals surface area contributed by atoms with Crippen LogP contribution in [0.15, 0.2) is 22.0 Å². The molecule has 1 saturated heterocycles. The van der Waals surface area contributed by atoms with Crippen LogP contribution in [0.1, 0.15) is 16.7 Å². The van der Waals surface area contributed by atoms with E-state index < -0.39 is 10.0 Å². The minimum absolute atomic E-state index is 0.427. The molecule has 0 N–H and O–H groups in total. The van der Waals surface area contributed by atoms with E-state index in [9.17, 15) is 8.42 Å². The SMILES string of the molecule is Cc1cc(C)c(S(=O)(=O)N2CCN=C2N2CCN(C)CC2)c(C)c1. The molecule has 0 saturated carbocycles. The number of hydrogen-bond acceptors (Lipinski definition) is 5.